The number of carbonyl (C=O) groups is 2. The average Bonchev–Trinajstić information content (AvgIpc) is 3.22. The second-order valence-corrected chi connectivity index (χ2v) is 6.53. The van der Waals surface area contributed by atoms with E-state index in [-0.39, 0.29) is 11.4 Å². The van der Waals surface area contributed by atoms with Crippen molar-refractivity contribution in [1.82, 2.24) is 9.88 Å². The van der Waals surface area contributed by atoms with Crippen LogP contribution >= 0.6 is 11.3 Å². The molecule has 1 atom stereocenters. The van der Waals surface area contributed by atoms with Crippen LogP contribution < -0.4 is 0 Å². The van der Waals surface area contributed by atoms with E-state index < -0.39 is 17.7 Å². The number of hydrogen-bond acceptors (Lipinski definition) is 5. The molecule has 0 saturated heterocycles. The molecular weight excluding hydrogens is 324 g/mol. The molecule has 6 heteroatoms. The number of aliphatic hydroxyl groups is 1. The predicted molar refractivity (Wildman–Crippen MR) is 91.9 cm³/mol. The smallest absolute Gasteiger partial charge is 0.290 e. The zero-order valence-corrected chi connectivity index (χ0v) is 14.1. The van der Waals surface area contributed by atoms with Gasteiger partial charge in [0.25, 0.3) is 5.91 Å². The molecular formula is C18H18N2O3S. The van der Waals surface area contributed by atoms with Gasteiger partial charge < -0.3 is 10.0 Å². The largest absolute Gasteiger partial charge is 0.503 e. The van der Waals surface area contributed by atoms with E-state index in [1.165, 1.54) is 11.3 Å². The third-order valence-corrected chi connectivity index (χ3v) is 4.88. The number of ketones is 1. The Balaban J connectivity index is 2.06. The Bertz CT molecular complexity index is 769. The quantitative estimate of drug-likeness (QED) is 0.816. The first-order valence-electron chi connectivity index (χ1n) is 7.88. The fourth-order valence-corrected chi connectivity index (χ4v) is 3.51. The molecule has 1 aliphatic rings. The first-order chi connectivity index (χ1) is 11.6. The van der Waals surface area contributed by atoms with Crippen molar-refractivity contribution in [3.63, 3.8) is 0 Å². The van der Waals surface area contributed by atoms with Gasteiger partial charge in [-0.25, -0.2) is 0 Å². The summed E-state index contributed by atoms with van der Waals surface area (Å²) in [6.07, 6.45) is 3.33. The monoisotopic (exact) mass is 342 g/mol. The van der Waals surface area contributed by atoms with Crippen LogP contribution in [0.15, 0.2) is 53.2 Å². The Kier molecular flexibility index (Phi) is 4.76. The zero-order valence-electron chi connectivity index (χ0n) is 13.3. The number of hydrogen-bond donors (Lipinski definition) is 1. The molecule has 1 amide bonds. The summed E-state index contributed by atoms with van der Waals surface area (Å²) >= 11 is 1.29. The number of rotatable bonds is 6. The van der Waals surface area contributed by atoms with Crippen LogP contribution in [0.4, 0.5) is 0 Å². The van der Waals surface area contributed by atoms with Crippen LogP contribution in [-0.2, 0) is 4.79 Å². The molecule has 1 N–H and O–H groups in total. The van der Waals surface area contributed by atoms with Gasteiger partial charge in [0, 0.05) is 12.7 Å². The van der Waals surface area contributed by atoms with Crippen molar-refractivity contribution >= 4 is 23.0 Å². The molecule has 0 aromatic carbocycles. The lowest BCUT2D eigenvalue weighted by molar-refractivity contribution is -0.129. The Morgan fingerprint density at radius 2 is 2.17 bits per heavy atom. The number of pyridine rings is 1. The van der Waals surface area contributed by atoms with Crippen LogP contribution in [0.1, 0.15) is 41.2 Å². The molecule has 124 valence electrons. The number of unbranched alkanes of at least 4 members (excludes halogenated alkanes) is 1. The van der Waals surface area contributed by atoms with Gasteiger partial charge in [0.05, 0.1) is 16.1 Å². The second kappa shape index (κ2) is 6.97. The van der Waals surface area contributed by atoms with Crippen LogP contribution in [0.25, 0.3) is 0 Å². The Labute approximate surface area is 144 Å². The number of carbonyl (C=O) groups excluding carboxylic acids is 2. The summed E-state index contributed by atoms with van der Waals surface area (Å²) in [5.41, 5.74) is 0.711. The maximum Gasteiger partial charge on any atom is 0.290 e. The molecule has 0 radical (unpaired) electrons. The summed E-state index contributed by atoms with van der Waals surface area (Å²) < 4.78 is 0. The fourth-order valence-electron chi connectivity index (χ4n) is 2.83. The van der Waals surface area contributed by atoms with Gasteiger partial charge in [-0.1, -0.05) is 25.5 Å². The molecule has 3 rings (SSSR count). The summed E-state index contributed by atoms with van der Waals surface area (Å²) in [6, 6.07) is 8.20. The third kappa shape index (κ3) is 2.85. The SMILES string of the molecule is CCCCN1C(=O)C(O)=C(C(=O)c2cccs2)C1c1ccccn1. The summed E-state index contributed by atoms with van der Waals surface area (Å²) in [4.78, 5) is 31.7. The number of Topliss-reactive ketones (excluding diaryl/α,β-unsaturated/α-hetero) is 1. The Morgan fingerprint density at radius 3 is 2.79 bits per heavy atom. The highest BCUT2D eigenvalue weighted by atomic mass is 32.1. The average molecular weight is 342 g/mol. The van der Waals surface area contributed by atoms with E-state index in [4.69, 9.17) is 0 Å². The maximum absolute atomic E-state index is 12.9. The second-order valence-electron chi connectivity index (χ2n) is 5.58. The molecule has 0 spiro atoms. The minimum absolute atomic E-state index is 0.122. The molecule has 0 bridgehead atoms. The van der Waals surface area contributed by atoms with Gasteiger partial charge in [0.1, 0.15) is 6.04 Å². The summed E-state index contributed by atoms with van der Waals surface area (Å²) in [6.45, 7) is 2.50. The molecule has 0 aliphatic carbocycles. The summed E-state index contributed by atoms with van der Waals surface area (Å²) in [7, 11) is 0. The Hall–Kier alpha value is -2.47. The van der Waals surface area contributed by atoms with Crippen molar-refractivity contribution in [2.75, 3.05) is 6.54 Å². The van der Waals surface area contributed by atoms with Crippen LogP contribution in [0.3, 0.4) is 0 Å². The lowest BCUT2D eigenvalue weighted by Gasteiger charge is -2.25. The van der Waals surface area contributed by atoms with E-state index in [0.29, 0.717) is 17.1 Å². The first-order valence-corrected chi connectivity index (χ1v) is 8.76. The number of nitrogens with zero attached hydrogens (tertiary/aromatic N) is 2. The van der Waals surface area contributed by atoms with Crippen LogP contribution in [-0.4, -0.2) is 33.2 Å². The molecule has 2 aromatic rings. The van der Waals surface area contributed by atoms with Gasteiger partial charge in [-0.15, -0.1) is 11.3 Å². The lowest BCUT2D eigenvalue weighted by atomic mass is 9.99. The molecule has 2 aromatic heterocycles. The van der Waals surface area contributed by atoms with Crippen molar-refractivity contribution < 1.29 is 14.7 Å². The van der Waals surface area contributed by atoms with Crippen LogP contribution in [0.2, 0.25) is 0 Å². The van der Waals surface area contributed by atoms with Gasteiger partial charge in [-0.05, 0) is 30.0 Å². The first kappa shape index (κ1) is 16.4. The van der Waals surface area contributed by atoms with Crippen molar-refractivity contribution in [3.05, 3.63) is 63.8 Å². The fraction of sp³-hybridized carbons (Fsp3) is 0.278. The van der Waals surface area contributed by atoms with Gasteiger partial charge in [0.2, 0.25) is 5.78 Å². The predicted octanol–water partition coefficient (Wildman–Crippen LogP) is 3.52. The Morgan fingerprint density at radius 1 is 1.33 bits per heavy atom. The molecule has 5 nitrogen and oxygen atoms in total. The maximum atomic E-state index is 12.9. The zero-order chi connectivity index (χ0) is 17.1. The summed E-state index contributed by atoms with van der Waals surface area (Å²) in [5.74, 6) is -1.27. The van der Waals surface area contributed by atoms with Crippen LogP contribution in [0.5, 0.6) is 0 Å². The highest BCUT2D eigenvalue weighted by Gasteiger charge is 2.44. The topological polar surface area (TPSA) is 70.5 Å². The molecule has 3 heterocycles. The third-order valence-electron chi connectivity index (χ3n) is 4.01. The van der Waals surface area contributed by atoms with E-state index in [1.54, 1.807) is 40.7 Å². The number of aliphatic hydroxyl groups excluding tert-OH is 1. The standard InChI is InChI=1S/C18H18N2O3S/c1-2-3-10-20-15(12-7-4-5-9-19-12)14(17(22)18(20)23)16(21)13-8-6-11-24-13/h4-9,11,15,22H,2-3,10H2,1H3. The molecule has 0 fully saturated rings. The van der Waals surface area contributed by atoms with Crippen molar-refractivity contribution in [2.24, 2.45) is 0 Å². The van der Waals surface area contributed by atoms with E-state index in [1.807, 2.05) is 13.0 Å². The van der Waals surface area contributed by atoms with Crippen LogP contribution in [0, 0.1) is 0 Å². The van der Waals surface area contributed by atoms with Gasteiger partial charge in [-0.2, -0.15) is 0 Å². The van der Waals surface area contributed by atoms with Gasteiger partial charge in [-0.3, -0.25) is 14.6 Å². The van der Waals surface area contributed by atoms with Gasteiger partial charge in [0.15, 0.2) is 5.76 Å². The molecule has 0 saturated carbocycles. The minimum Gasteiger partial charge on any atom is -0.503 e. The summed E-state index contributed by atoms with van der Waals surface area (Å²) in [5, 5.41) is 12.2. The normalized spacial score (nSPS) is 17.6. The van der Waals surface area contributed by atoms with Crippen molar-refractivity contribution in [3.8, 4) is 0 Å². The minimum atomic E-state index is -0.639. The number of amides is 1. The van der Waals surface area contributed by atoms with Crippen molar-refractivity contribution in [2.45, 2.75) is 25.8 Å². The van der Waals surface area contributed by atoms with E-state index in [9.17, 15) is 14.7 Å². The number of aromatic nitrogens is 1. The molecule has 24 heavy (non-hydrogen) atoms. The molecule has 1 aliphatic heterocycles. The van der Waals surface area contributed by atoms with E-state index in [2.05, 4.69) is 4.98 Å². The molecule has 1 unspecified atom stereocenters. The highest BCUT2D eigenvalue weighted by molar-refractivity contribution is 7.12. The van der Waals surface area contributed by atoms with E-state index in [0.717, 1.165) is 12.8 Å². The van der Waals surface area contributed by atoms with E-state index >= 15 is 0 Å². The lowest BCUT2D eigenvalue weighted by Crippen LogP contribution is -2.32. The van der Waals surface area contributed by atoms with Gasteiger partial charge >= 0.3 is 0 Å². The number of thiophene rings is 1. The highest BCUT2D eigenvalue weighted by Crippen LogP contribution is 2.38. The van der Waals surface area contributed by atoms with Crippen molar-refractivity contribution in [1.29, 1.82) is 0 Å².